The van der Waals surface area contributed by atoms with E-state index in [2.05, 4.69) is 5.32 Å². The van der Waals surface area contributed by atoms with Gasteiger partial charge in [-0.15, -0.1) is 0 Å². The Morgan fingerprint density at radius 3 is 2.25 bits per heavy atom. The molecular formula is C21H23ClN2O4. The maximum absolute atomic E-state index is 12.6. The lowest BCUT2D eigenvalue weighted by Gasteiger charge is -2.27. The molecule has 0 aromatic heterocycles. The van der Waals surface area contributed by atoms with E-state index in [1.54, 1.807) is 67.3 Å². The smallest absolute Gasteiger partial charge is 0.267 e. The summed E-state index contributed by atoms with van der Waals surface area (Å²) in [7, 11) is 0. The highest BCUT2D eigenvalue weighted by Crippen LogP contribution is 2.22. The van der Waals surface area contributed by atoms with Crippen LogP contribution in [-0.4, -0.2) is 48.6 Å². The van der Waals surface area contributed by atoms with Crippen molar-refractivity contribution < 1.29 is 19.1 Å². The van der Waals surface area contributed by atoms with Crippen LogP contribution in [0.5, 0.6) is 5.75 Å². The second-order valence-corrected chi connectivity index (χ2v) is 7.44. The molecule has 6 nitrogen and oxygen atoms in total. The molecule has 0 aliphatic carbocycles. The summed E-state index contributed by atoms with van der Waals surface area (Å²) in [6.45, 7) is 5.67. The van der Waals surface area contributed by atoms with Gasteiger partial charge in [0.1, 0.15) is 5.75 Å². The van der Waals surface area contributed by atoms with E-state index in [1.807, 2.05) is 0 Å². The molecule has 1 aliphatic rings. The van der Waals surface area contributed by atoms with Gasteiger partial charge >= 0.3 is 0 Å². The van der Waals surface area contributed by atoms with E-state index >= 15 is 0 Å². The second kappa shape index (κ2) is 8.63. The number of rotatable bonds is 5. The Bertz CT molecular complexity index is 828. The lowest BCUT2D eigenvalue weighted by atomic mass is 10.1. The molecule has 148 valence electrons. The van der Waals surface area contributed by atoms with Crippen molar-refractivity contribution in [2.75, 3.05) is 31.6 Å². The minimum absolute atomic E-state index is 0.0346. The molecule has 0 bridgehead atoms. The average Bonchev–Trinajstić information content (AvgIpc) is 2.70. The number of carbonyl (C=O) groups excluding carboxylic acids is 2. The van der Waals surface area contributed by atoms with Crippen LogP contribution in [-0.2, 0) is 9.53 Å². The van der Waals surface area contributed by atoms with Gasteiger partial charge in [0.25, 0.3) is 11.8 Å². The number of carbonyl (C=O) groups is 2. The van der Waals surface area contributed by atoms with Gasteiger partial charge in [-0.05, 0) is 62.4 Å². The Morgan fingerprint density at radius 1 is 1.04 bits per heavy atom. The van der Waals surface area contributed by atoms with Crippen LogP contribution in [0.4, 0.5) is 5.69 Å². The van der Waals surface area contributed by atoms with Crippen LogP contribution in [0.15, 0.2) is 48.5 Å². The zero-order chi connectivity index (χ0) is 20.1. The van der Waals surface area contributed by atoms with Gasteiger partial charge in [-0.25, -0.2) is 0 Å². The Morgan fingerprint density at radius 2 is 1.64 bits per heavy atom. The molecule has 2 aromatic rings. The molecule has 7 heteroatoms. The Labute approximate surface area is 169 Å². The van der Waals surface area contributed by atoms with Crippen LogP contribution >= 0.6 is 11.6 Å². The topological polar surface area (TPSA) is 67.9 Å². The third-order valence-electron chi connectivity index (χ3n) is 4.42. The number of nitrogens with zero attached hydrogens (tertiary/aromatic N) is 1. The minimum atomic E-state index is -1.09. The van der Waals surface area contributed by atoms with Gasteiger partial charge in [-0.1, -0.05) is 11.6 Å². The lowest BCUT2D eigenvalue weighted by Crippen LogP contribution is -2.42. The average molecular weight is 403 g/mol. The Balaban J connectivity index is 1.61. The number of benzene rings is 2. The molecule has 0 unspecified atom stereocenters. The highest BCUT2D eigenvalue weighted by atomic mass is 35.5. The van der Waals surface area contributed by atoms with Gasteiger partial charge in [-0.3, -0.25) is 9.59 Å². The van der Waals surface area contributed by atoms with E-state index in [1.165, 1.54) is 0 Å². The fourth-order valence-electron chi connectivity index (χ4n) is 2.77. The van der Waals surface area contributed by atoms with Crippen molar-refractivity contribution in [3.63, 3.8) is 0 Å². The third-order valence-corrected chi connectivity index (χ3v) is 4.67. The molecule has 0 radical (unpaired) electrons. The summed E-state index contributed by atoms with van der Waals surface area (Å²) < 4.78 is 11.1. The van der Waals surface area contributed by atoms with Crippen molar-refractivity contribution in [2.45, 2.75) is 19.4 Å². The predicted octanol–water partition coefficient (Wildman–Crippen LogP) is 3.61. The summed E-state index contributed by atoms with van der Waals surface area (Å²) in [4.78, 5) is 26.9. The Hall–Kier alpha value is -2.57. The molecule has 28 heavy (non-hydrogen) atoms. The molecule has 0 spiro atoms. The van der Waals surface area contributed by atoms with Crippen molar-refractivity contribution in [3.05, 3.63) is 59.1 Å². The minimum Gasteiger partial charge on any atom is -0.478 e. The molecule has 0 saturated carbocycles. The van der Waals surface area contributed by atoms with E-state index < -0.39 is 5.60 Å². The predicted molar refractivity (Wildman–Crippen MR) is 108 cm³/mol. The maximum Gasteiger partial charge on any atom is 0.267 e. The second-order valence-electron chi connectivity index (χ2n) is 7.00. The first-order valence-electron chi connectivity index (χ1n) is 9.08. The zero-order valence-corrected chi connectivity index (χ0v) is 16.7. The van der Waals surface area contributed by atoms with Gasteiger partial charge in [0.15, 0.2) is 5.60 Å². The molecule has 3 rings (SSSR count). The van der Waals surface area contributed by atoms with Gasteiger partial charge < -0.3 is 19.7 Å². The van der Waals surface area contributed by atoms with Crippen molar-refractivity contribution in [3.8, 4) is 5.75 Å². The van der Waals surface area contributed by atoms with Crippen LogP contribution in [0, 0.1) is 0 Å². The largest absolute Gasteiger partial charge is 0.478 e. The summed E-state index contributed by atoms with van der Waals surface area (Å²) in [5.74, 6) is 0.221. The lowest BCUT2D eigenvalue weighted by molar-refractivity contribution is -0.128. The molecule has 0 atom stereocenters. The number of amides is 2. The van der Waals surface area contributed by atoms with E-state index in [9.17, 15) is 9.59 Å². The molecule has 1 aliphatic heterocycles. The Kier molecular flexibility index (Phi) is 6.21. The van der Waals surface area contributed by atoms with Crippen molar-refractivity contribution in [1.29, 1.82) is 0 Å². The number of ether oxygens (including phenoxy) is 2. The zero-order valence-electron chi connectivity index (χ0n) is 15.9. The summed E-state index contributed by atoms with van der Waals surface area (Å²) in [6.07, 6.45) is 0. The van der Waals surface area contributed by atoms with E-state index in [-0.39, 0.29) is 11.8 Å². The molecule has 1 saturated heterocycles. The SMILES string of the molecule is CC(C)(Oc1ccc(Cl)cc1)C(=O)Nc1ccc(C(=O)N2CCOCC2)cc1. The van der Waals surface area contributed by atoms with Crippen LogP contribution < -0.4 is 10.1 Å². The van der Waals surface area contributed by atoms with E-state index in [4.69, 9.17) is 21.1 Å². The fraction of sp³-hybridized carbons (Fsp3) is 0.333. The van der Waals surface area contributed by atoms with Crippen molar-refractivity contribution in [1.82, 2.24) is 4.90 Å². The van der Waals surface area contributed by atoms with E-state index in [0.29, 0.717) is 48.3 Å². The normalized spacial score (nSPS) is 14.5. The summed E-state index contributed by atoms with van der Waals surface area (Å²) in [5.41, 5.74) is 0.0868. The van der Waals surface area contributed by atoms with Gasteiger partial charge in [0, 0.05) is 29.4 Å². The number of hydrogen-bond acceptors (Lipinski definition) is 4. The van der Waals surface area contributed by atoms with E-state index in [0.717, 1.165) is 0 Å². The van der Waals surface area contributed by atoms with Gasteiger partial charge in [0.05, 0.1) is 13.2 Å². The monoisotopic (exact) mass is 402 g/mol. The first-order chi connectivity index (χ1) is 13.3. The molecule has 2 amide bonds. The van der Waals surface area contributed by atoms with Crippen LogP contribution in [0.3, 0.4) is 0 Å². The molecule has 1 N–H and O–H groups in total. The highest BCUT2D eigenvalue weighted by Gasteiger charge is 2.30. The number of anilines is 1. The summed E-state index contributed by atoms with van der Waals surface area (Å²) in [5, 5.41) is 3.42. The third kappa shape index (κ3) is 5.03. The first kappa shape index (κ1) is 20.2. The van der Waals surface area contributed by atoms with Crippen molar-refractivity contribution >= 4 is 29.1 Å². The summed E-state index contributed by atoms with van der Waals surface area (Å²) >= 11 is 5.87. The molecular weight excluding hydrogens is 380 g/mol. The molecule has 1 fully saturated rings. The standard InChI is InChI=1S/C21H23ClN2O4/c1-21(2,28-18-9-5-16(22)6-10-18)20(26)23-17-7-3-15(4-8-17)19(25)24-11-13-27-14-12-24/h3-10H,11-14H2,1-2H3,(H,23,26). The number of hydrogen-bond donors (Lipinski definition) is 1. The molecule has 2 aromatic carbocycles. The van der Waals surface area contributed by atoms with Crippen LogP contribution in [0.2, 0.25) is 5.02 Å². The quantitative estimate of drug-likeness (QED) is 0.829. The number of halogens is 1. The fourth-order valence-corrected chi connectivity index (χ4v) is 2.90. The highest BCUT2D eigenvalue weighted by molar-refractivity contribution is 6.30. The van der Waals surface area contributed by atoms with Gasteiger partial charge in [-0.2, -0.15) is 0 Å². The van der Waals surface area contributed by atoms with Crippen molar-refractivity contribution in [2.24, 2.45) is 0 Å². The number of nitrogens with one attached hydrogen (secondary N) is 1. The maximum atomic E-state index is 12.6. The number of morpholine rings is 1. The van der Waals surface area contributed by atoms with Gasteiger partial charge in [0.2, 0.25) is 0 Å². The first-order valence-corrected chi connectivity index (χ1v) is 9.46. The van der Waals surface area contributed by atoms with Crippen LogP contribution in [0.25, 0.3) is 0 Å². The molecule has 1 heterocycles. The van der Waals surface area contributed by atoms with Crippen LogP contribution in [0.1, 0.15) is 24.2 Å². The summed E-state index contributed by atoms with van der Waals surface area (Å²) in [6, 6.07) is 13.7.